The van der Waals surface area contributed by atoms with E-state index >= 15 is 0 Å². The Hall–Kier alpha value is -2.34. The summed E-state index contributed by atoms with van der Waals surface area (Å²) in [6.07, 6.45) is 1.43. The van der Waals surface area contributed by atoms with Gasteiger partial charge in [-0.2, -0.15) is 10.6 Å². The van der Waals surface area contributed by atoms with Crippen molar-refractivity contribution in [3.05, 3.63) is 92.7 Å². The Bertz CT molecular complexity index is 1240. The van der Waals surface area contributed by atoms with Crippen LogP contribution in [0.15, 0.2) is 53.9 Å². The van der Waals surface area contributed by atoms with Gasteiger partial charge in [0.2, 0.25) is 5.91 Å². The summed E-state index contributed by atoms with van der Waals surface area (Å²) in [6, 6.07) is 11.9. The van der Waals surface area contributed by atoms with Crippen LogP contribution in [-0.4, -0.2) is 44.6 Å². The number of amides is 1. The number of rotatable bonds is 12. The average Bonchev–Trinajstić information content (AvgIpc) is 3.39. The summed E-state index contributed by atoms with van der Waals surface area (Å²) in [7, 11) is -2.84. The lowest BCUT2D eigenvalue weighted by Crippen LogP contribution is -2.49. The van der Waals surface area contributed by atoms with E-state index in [0.29, 0.717) is 12.0 Å². The minimum Gasteiger partial charge on any atom is -0.390 e. The topological polar surface area (TPSA) is 102 Å². The van der Waals surface area contributed by atoms with Crippen LogP contribution in [0.5, 0.6) is 0 Å². The second kappa shape index (κ2) is 13.3. The molecule has 0 aliphatic carbocycles. The fourth-order valence-electron chi connectivity index (χ4n) is 4.98. The second-order valence-electron chi connectivity index (χ2n) is 10.1. The number of halogens is 2. The lowest BCUT2D eigenvalue weighted by molar-refractivity contribution is -0.122. The molecule has 0 fully saturated rings. The van der Waals surface area contributed by atoms with E-state index in [1.165, 1.54) is 17.0 Å². The second-order valence-corrected chi connectivity index (χ2v) is 13.4. The Morgan fingerprint density at radius 3 is 2.59 bits per heavy atom. The minimum atomic E-state index is -2.84. The summed E-state index contributed by atoms with van der Waals surface area (Å²) in [5.74, 6) is -1.39. The standard InChI is InChI=1S/C29H36F2N2O4S2/c1-2-19-8-9-21-17-39(36,37)18-27(25(21)13-19)32-16-28(34)26(14-20-11-22(30)15-23(31)12-20)33-29(35)7-3-5-24-6-4-10-38-24/h4,6,8-13,15,26-28,32,34,36-37H,2-3,5,7,14,16-18H2,1H3,(H,33,35)/t26-,27-,28-/m0/s1. The molecule has 2 heterocycles. The van der Waals surface area contributed by atoms with Crippen LogP contribution in [0, 0.1) is 11.6 Å². The molecule has 1 aromatic heterocycles. The number of thiophene rings is 1. The summed E-state index contributed by atoms with van der Waals surface area (Å²) < 4.78 is 48.8. The number of carbonyl (C=O) groups excluding carboxylic acids is 1. The van der Waals surface area contributed by atoms with E-state index in [9.17, 15) is 27.8 Å². The van der Waals surface area contributed by atoms with Gasteiger partial charge in [0.05, 0.1) is 29.7 Å². The van der Waals surface area contributed by atoms with Crippen molar-refractivity contribution in [2.75, 3.05) is 12.3 Å². The summed E-state index contributed by atoms with van der Waals surface area (Å²) in [4.78, 5) is 14.0. The summed E-state index contributed by atoms with van der Waals surface area (Å²) in [6.45, 7) is 2.08. The molecule has 10 heteroatoms. The molecule has 1 aliphatic heterocycles. The number of hydrogen-bond acceptors (Lipinski definition) is 6. The van der Waals surface area contributed by atoms with Gasteiger partial charge >= 0.3 is 0 Å². The number of aliphatic hydroxyl groups excluding tert-OH is 1. The minimum absolute atomic E-state index is 0.0324. The van der Waals surface area contributed by atoms with Crippen LogP contribution >= 0.6 is 21.9 Å². The van der Waals surface area contributed by atoms with Crippen molar-refractivity contribution in [3.63, 3.8) is 0 Å². The molecule has 6 nitrogen and oxygen atoms in total. The molecule has 2 aromatic carbocycles. The van der Waals surface area contributed by atoms with Crippen molar-refractivity contribution in [2.24, 2.45) is 0 Å². The first-order valence-electron chi connectivity index (χ1n) is 13.2. The molecule has 39 heavy (non-hydrogen) atoms. The Morgan fingerprint density at radius 2 is 1.90 bits per heavy atom. The number of aryl methyl sites for hydroxylation is 2. The maximum atomic E-state index is 13.9. The zero-order chi connectivity index (χ0) is 28.0. The van der Waals surface area contributed by atoms with Gasteiger partial charge in [-0.15, -0.1) is 11.3 Å². The number of nitrogens with one attached hydrogen (secondary N) is 2. The van der Waals surface area contributed by atoms with Gasteiger partial charge in [-0.25, -0.2) is 8.78 Å². The van der Waals surface area contributed by atoms with E-state index in [-0.39, 0.29) is 36.8 Å². The smallest absolute Gasteiger partial charge is 0.220 e. The number of aliphatic hydroxyl groups is 1. The zero-order valence-electron chi connectivity index (χ0n) is 21.9. The lowest BCUT2D eigenvalue weighted by atomic mass is 9.97. The van der Waals surface area contributed by atoms with Crippen molar-refractivity contribution in [2.45, 2.75) is 63.0 Å². The summed E-state index contributed by atoms with van der Waals surface area (Å²) >= 11 is 1.63. The van der Waals surface area contributed by atoms with E-state index < -0.39 is 40.4 Å². The molecule has 3 aromatic rings. The third-order valence-electron chi connectivity index (χ3n) is 6.98. The Morgan fingerprint density at radius 1 is 1.13 bits per heavy atom. The van der Waals surface area contributed by atoms with Gasteiger partial charge in [0.15, 0.2) is 0 Å². The number of fused-ring (bicyclic) bond motifs is 1. The molecule has 5 N–H and O–H groups in total. The maximum absolute atomic E-state index is 13.9. The molecule has 1 aliphatic rings. The van der Waals surface area contributed by atoms with Gasteiger partial charge in [-0.05, 0) is 71.5 Å². The van der Waals surface area contributed by atoms with Crippen molar-refractivity contribution in [1.82, 2.24) is 10.6 Å². The molecule has 0 bridgehead atoms. The van der Waals surface area contributed by atoms with Crippen molar-refractivity contribution < 1.29 is 27.8 Å². The molecule has 0 saturated heterocycles. The Kier molecular flexibility index (Phi) is 10.1. The molecular weight excluding hydrogens is 542 g/mol. The first-order valence-corrected chi connectivity index (χ1v) is 15.9. The highest BCUT2D eigenvalue weighted by molar-refractivity contribution is 8.23. The molecule has 3 atom stereocenters. The van der Waals surface area contributed by atoms with Gasteiger partial charge in [0.1, 0.15) is 11.6 Å². The molecular formula is C29H36F2N2O4S2. The van der Waals surface area contributed by atoms with Crippen LogP contribution in [-0.2, 0) is 29.8 Å². The van der Waals surface area contributed by atoms with Crippen molar-refractivity contribution in [1.29, 1.82) is 0 Å². The van der Waals surface area contributed by atoms with Crippen LogP contribution in [0.4, 0.5) is 8.78 Å². The van der Waals surface area contributed by atoms with Gasteiger partial charge in [-0.3, -0.25) is 13.9 Å². The van der Waals surface area contributed by atoms with Gasteiger partial charge in [-0.1, -0.05) is 31.2 Å². The fourth-order valence-corrected chi connectivity index (χ4v) is 7.44. The summed E-state index contributed by atoms with van der Waals surface area (Å²) in [5, 5.41) is 19.3. The van der Waals surface area contributed by atoms with Crippen LogP contribution in [0.1, 0.15) is 52.9 Å². The van der Waals surface area contributed by atoms with Crippen LogP contribution in [0.25, 0.3) is 0 Å². The normalized spacial score (nSPS) is 18.7. The molecule has 0 spiro atoms. The zero-order valence-corrected chi connectivity index (χ0v) is 23.5. The van der Waals surface area contributed by atoms with Crippen molar-refractivity contribution >= 4 is 27.8 Å². The van der Waals surface area contributed by atoms with Gasteiger partial charge in [0, 0.05) is 23.9 Å². The largest absolute Gasteiger partial charge is 0.390 e. The van der Waals surface area contributed by atoms with Gasteiger partial charge in [0.25, 0.3) is 0 Å². The Labute approximate surface area is 233 Å². The highest BCUT2D eigenvalue weighted by Crippen LogP contribution is 2.50. The Balaban J connectivity index is 1.45. The van der Waals surface area contributed by atoms with E-state index in [1.54, 1.807) is 11.3 Å². The van der Waals surface area contributed by atoms with E-state index in [0.717, 1.165) is 35.6 Å². The summed E-state index contributed by atoms with van der Waals surface area (Å²) in [5.41, 5.74) is 3.27. The molecule has 212 valence electrons. The van der Waals surface area contributed by atoms with E-state index in [1.807, 2.05) is 36.6 Å². The molecule has 0 unspecified atom stereocenters. The maximum Gasteiger partial charge on any atom is 0.220 e. The number of benzene rings is 2. The van der Waals surface area contributed by atoms with Crippen molar-refractivity contribution in [3.8, 4) is 0 Å². The van der Waals surface area contributed by atoms with E-state index in [4.69, 9.17) is 0 Å². The fraction of sp³-hybridized carbons (Fsp3) is 0.414. The third kappa shape index (κ3) is 8.57. The SMILES string of the molecule is CCc1ccc2c(c1)[C@@H](NC[C@H](O)[C@H](Cc1cc(F)cc(F)c1)NC(=O)CCCc1cccs1)CS(O)(O)C2. The highest BCUT2D eigenvalue weighted by atomic mass is 32.3. The number of carbonyl (C=O) groups is 1. The van der Waals surface area contributed by atoms with Crippen LogP contribution in [0.3, 0.4) is 0 Å². The average molecular weight is 579 g/mol. The third-order valence-corrected chi connectivity index (χ3v) is 9.56. The van der Waals surface area contributed by atoms with Crippen LogP contribution in [0.2, 0.25) is 0 Å². The molecule has 4 rings (SSSR count). The first kappa shape index (κ1) is 29.6. The monoisotopic (exact) mass is 578 g/mol. The number of hydrogen-bond donors (Lipinski definition) is 5. The van der Waals surface area contributed by atoms with E-state index in [2.05, 4.69) is 16.7 Å². The highest BCUT2D eigenvalue weighted by Gasteiger charge is 2.31. The molecule has 1 amide bonds. The predicted octanol–water partition coefficient (Wildman–Crippen LogP) is 5.59. The quantitative estimate of drug-likeness (QED) is 0.193. The predicted molar refractivity (Wildman–Crippen MR) is 153 cm³/mol. The van der Waals surface area contributed by atoms with Crippen LogP contribution < -0.4 is 10.6 Å². The lowest BCUT2D eigenvalue weighted by Gasteiger charge is -2.42. The molecule has 0 saturated carbocycles. The van der Waals surface area contributed by atoms with Gasteiger partial charge < -0.3 is 15.7 Å². The first-order chi connectivity index (χ1) is 18.6. The molecule has 0 radical (unpaired) electrons.